The highest BCUT2D eigenvalue weighted by Crippen LogP contribution is 2.33. The van der Waals surface area contributed by atoms with E-state index in [2.05, 4.69) is 10.5 Å². The number of hydrazone groups is 1. The molecule has 0 saturated carbocycles. The number of hydrogen-bond donors (Lipinski definition) is 1. The van der Waals surface area contributed by atoms with Crippen LogP contribution in [0.3, 0.4) is 0 Å². The number of aromatic nitrogens is 1. The van der Waals surface area contributed by atoms with Crippen molar-refractivity contribution in [2.75, 3.05) is 6.61 Å². The van der Waals surface area contributed by atoms with Crippen molar-refractivity contribution in [2.24, 2.45) is 5.10 Å². The molecular formula is C23H21Cl2N3O3. The van der Waals surface area contributed by atoms with Crippen LogP contribution in [-0.2, 0) is 6.54 Å². The molecule has 3 rings (SSSR count). The van der Waals surface area contributed by atoms with Gasteiger partial charge in [0.25, 0.3) is 11.5 Å². The summed E-state index contributed by atoms with van der Waals surface area (Å²) in [6, 6.07) is 15.9. The Hall–Kier alpha value is -3.09. The van der Waals surface area contributed by atoms with E-state index >= 15 is 0 Å². The fourth-order valence-corrected chi connectivity index (χ4v) is 3.45. The molecule has 0 atom stereocenters. The lowest BCUT2D eigenvalue weighted by molar-refractivity contribution is 0.0953. The monoisotopic (exact) mass is 457 g/mol. The number of rotatable bonds is 8. The third kappa shape index (κ3) is 5.96. The molecule has 2 aromatic carbocycles. The van der Waals surface area contributed by atoms with Crippen LogP contribution in [0.2, 0.25) is 10.0 Å². The summed E-state index contributed by atoms with van der Waals surface area (Å²) in [6.07, 6.45) is 3.86. The Kier molecular flexibility index (Phi) is 7.87. The molecule has 0 bridgehead atoms. The zero-order valence-electron chi connectivity index (χ0n) is 16.8. The smallest absolute Gasteiger partial charge is 0.276 e. The lowest BCUT2D eigenvalue weighted by Crippen LogP contribution is -2.30. The molecule has 0 saturated heterocycles. The Labute approximate surface area is 190 Å². The summed E-state index contributed by atoms with van der Waals surface area (Å²) in [6.45, 7) is 2.85. The van der Waals surface area contributed by atoms with Gasteiger partial charge in [0.2, 0.25) is 0 Å². The number of carbonyl (C=O) groups excluding carboxylic acids is 1. The van der Waals surface area contributed by atoms with E-state index in [-0.39, 0.29) is 5.56 Å². The Morgan fingerprint density at radius 2 is 1.84 bits per heavy atom. The molecule has 3 aromatic rings. The minimum absolute atomic E-state index is 0.00467. The fourth-order valence-electron chi connectivity index (χ4n) is 2.84. The second-order valence-corrected chi connectivity index (χ2v) is 7.52. The summed E-state index contributed by atoms with van der Waals surface area (Å²) in [5.41, 5.74) is 3.50. The normalized spacial score (nSPS) is 10.9. The van der Waals surface area contributed by atoms with Crippen LogP contribution in [0.1, 0.15) is 34.8 Å². The van der Waals surface area contributed by atoms with Gasteiger partial charge in [-0.05, 0) is 41.8 Å². The van der Waals surface area contributed by atoms with Crippen molar-refractivity contribution < 1.29 is 9.53 Å². The second kappa shape index (κ2) is 10.8. The number of hydrogen-bond acceptors (Lipinski definition) is 4. The van der Waals surface area contributed by atoms with Crippen molar-refractivity contribution >= 4 is 35.3 Å². The Balaban J connectivity index is 1.70. The largest absolute Gasteiger partial charge is 0.490 e. The first-order valence-electron chi connectivity index (χ1n) is 9.68. The molecule has 31 heavy (non-hydrogen) atoms. The molecule has 0 radical (unpaired) electrons. The first-order valence-corrected chi connectivity index (χ1v) is 10.4. The van der Waals surface area contributed by atoms with E-state index in [0.717, 1.165) is 12.0 Å². The predicted octanol–water partition coefficient (Wildman–Crippen LogP) is 4.76. The molecular weight excluding hydrogens is 437 g/mol. The summed E-state index contributed by atoms with van der Waals surface area (Å²) in [5, 5.41) is 4.61. The van der Waals surface area contributed by atoms with Crippen LogP contribution in [0.5, 0.6) is 5.75 Å². The highest BCUT2D eigenvalue weighted by Gasteiger charge is 2.12. The molecule has 0 aliphatic carbocycles. The molecule has 1 heterocycles. The maximum atomic E-state index is 12.7. The van der Waals surface area contributed by atoms with Gasteiger partial charge >= 0.3 is 0 Å². The predicted molar refractivity (Wildman–Crippen MR) is 124 cm³/mol. The van der Waals surface area contributed by atoms with E-state index in [1.165, 1.54) is 16.8 Å². The van der Waals surface area contributed by atoms with Crippen molar-refractivity contribution in [1.82, 2.24) is 9.99 Å². The number of nitrogens with one attached hydrogen (secondary N) is 1. The van der Waals surface area contributed by atoms with Crippen molar-refractivity contribution in [3.8, 4) is 5.75 Å². The minimum atomic E-state index is -0.608. The standard InChI is InChI=1S/C23H21Cl2N3O3/c1-2-11-31-21-19(24)12-17(13-20(21)25)14-26-27-22(29)18-9-6-10-28(23(18)30)15-16-7-4-3-5-8-16/h3-10,12-14H,2,11,15H2,1H3,(H,27,29)/b26-14-. The summed E-state index contributed by atoms with van der Waals surface area (Å²) in [7, 11) is 0. The van der Waals surface area contributed by atoms with Gasteiger partial charge in [0.05, 0.1) is 29.4 Å². The van der Waals surface area contributed by atoms with E-state index in [1.54, 1.807) is 24.4 Å². The number of ether oxygens (including phenoxy) is 1. The molecule has 0 aliphatic rings. The third-order valence-corrected chi connectivity index (χ3v) is 4.87. The molecule has 1 aromatic heterocycles. The van der Waals surface area contributed by atoms with Crippen LogP contribution in [0.25, 0.3) is 0 Å². The summed E-state index contributed by atoms with van der Waals surface area (Å²) < 4.78 is 7.00. The van der Waals surface area contributed by atoms with E-state index in [9.17, 15) is 9.59 Å². The van der Waals surface area contributed by atoms with Crippen LogP contribution in [0.15, 0.2) is 70.7 Å². The van der Waals surface area contributed by atoms with Gasteiger partial charge in [0.1, 0.15) is 5.56 Å². The molecule has 1 amide bonds. The third-order valence-electron chi connectivity index (χ3n) is 4.31. The maximum absolute atomic E-state index is 12.7. The second-order valence-electron chi connectivity index (χ2n) is 6.70. The van der Waals surface area contributed by atoms with Crippen molar-refractivity contribution in [1.29, 1.82) is 0 Å². The first kappa shape index (κ1) is 22.6. The maximum Gasteiger partial charge on any atom is 0.276 e. The van der Waals surface area contributed by atoms with Crippen LogP contribution in [0, 0.1) is 0 Å². The highest BCUT2D eigenvalue weighted by atomic mass is 35.5. The van der Waals surface area contributed by atoms with Crippen LogP contribution in [0.4, 0.5) is 0 Å². The van der Waals surface area contributed by atoms with Crippen LogP contribution in [-0.4, -0.2) is 23.3 Å². The zero-order chi connectivity index (χ0) is 22.2. The number of pyridine rings is 1. The van der Waals surface area contributed by atoms with E-state index in [4.69, 9.17) is 27.9 Å². The van der Waals surface area contributed by atoms with Gasteiger partial charge in [0, 0.05) is 6.20 Å². The molecule has 0 fully saturated rings. The molecule has 160 valence electrons. The van der Waals surface area contributed by atoms with Gasteiger partial charge in [-0.3, -0.25) is 9.59 Å². The van der Waals surface area contributed by atoms with Gasteiger partial charge in [-0.25, -0.2) is 5.43 Å². The van der Waals surface area contributed by atoms with Gasteiger partial charge < -0.3 is 9.30 Å². The molecule has 0 unspecified atom stereocenters. The molecule has 0 spiro atoms. The summed E-state index contributed by atoms with van der Waals surface area (Å²) >= 11 is 12.4. The number of nitrogens with zero attached hydrogens (tertiary/aromatic N) is 2. The SMILES string of the molecule is CCCOc1c(Cl)cc(/C=N\NC(=O)c2cccn(Cc3ccccc3)c2=O)cc1Cl. The van der Waals surface area contributed by atoms with Crippen molar-refractivity contribution in [3.63, 3.8) is 0 Å². The van der Waals surface area contributed by atoms with E-state index in [0.29, 0.717) is 34.5 Å². The van der Waals surface area contributed by atoms with Crippen LogP contribution >= 0.6 is 23.2 Å². The summed E-state index contributed by atoms with van der Waals surface area (Å²) in [5.74, 6) is -0.196. The van der Waals surface area contributed by atoms with Gasteiger partial charge in [-0.2, -0.15) is 5.10 Å². The fraction of sp³-hybridized carbons (Fsp3) is 0.174. The zero-order valence-corrected chi connectivity index (χ0v) is 18.4. The van der Waals surface area contributed by atoms with E-state index in [1.807, 2.05) is 37.3 Å². The highest BCUT2D eigenvalue weighted by molar-refractivity contribution is 6.37. The molecule has 1 N–H and O–H groups in total. The first-order chi connectivity index (χ1) is 15.0. The Morgan fingerprint density at radius 1 is 1.13 bits per heavy atom. The van der Waals surface area contributed by atoms with Crippen LogP contribution < -0.4 is 15.7 Å². The number of halogens is 2. The molecule has 8 heteroatoms. The van der Waals surface area contributed by atoms with Gasteiger partial charge in [0.15, 0.2) is 5.75 Å². The van der Waals surface area contributed by atoms with E-state index < -0.39 is 11.5 Å². The van der Waals surface area contributed by atoms with Crippen molar-refractivity contribution in [2.45, 2.75) is 19.9 Å². The number of amides is 1. The minimum Gasteiger partial charge on any atom is -0.490 e. The molecule has 6 nitrogen and oxygen atoms in total. The Morgan fingerprint density at radius 3 is 2.52 bits per heavy atom. The average Bonchev–Trinajstić information content (AvgIpc) is 2.75. The number of carbonyl (C=O) groups is 1. The Bertz CT molecular complexity index is 1120. The lowest BCUT2D eigenvalue weighted by Gasteiger charge is -2.09. The number of benzene rings is 2. The molecule has 0 aliphatic heterocycles. The quantitative estimate of drug-likeness (QED) is 0.391. The lowest BCUT2D eigenvalue weighted by atomic mass is 10.2. The van der Waals surface area contributed by atoms with Gasteiger partial charge in [-0.15, -0.1) is 0 Å². The average molecular weight is 458 g/mol. The van der Waals surface area contributed by atoms with Crippen molar-refractivity contribution in [3.05, 3.63) is 97.9 Å². The van der Waals surface area contributed by atoms with Gasteiger partial charge in [-0.1, -0.05) is 60.5 Å². The summed E-state index contributed by atoms with van der Waals surface area (Å²) in [4.78, 5) is 25.1. The topological polar surface area (TPSA) is 72.7 Å².